The number of nitrogens with zero attached hydrogens (tertiary/aromatic N) is 1. The van der Waals surface area contributed by atoms with Crippen LogP contribution in [0.2, 0.25) is 0 Å². The lowest BCUT2D eigenvalue weighted by Gasteiger charge is -2.03. The Balaban J connectivity index is 1.92. The summed E-state index contributed by atoms with van der Waals surface area (Å²) in [6, 6.07) is 17.0. The van der Waals surface area contributed by atoms with E-state index in [1.165, 1.54) is 18.2 Å². The molecule has 0 aromatic heterocycles. The van der Waals surface area contributed by atoms with Crippen LogP contribution in [0.25, 0.3) is 11.1 Å². The van der Waals surface area contributed by atoms with Crippen LogP contribution in [-0.4, -0.2) is 23.3 Å². The van der Waals surface area contributed by atoms with E-state index < -0.39 is 4.92 Å². The molecule has 0 aliphatic heterocycles. The van der Waals surface area contributed by atoms with Gasteiger partial charge in [-0.1, -0.05) is 42.5 Å². The van der Waals surface area contributed by atoms with Crippen molar-refractivity contribution in [3.8, 4) is 11.1 Å². The van der Waals surface area contributed by atoms with Gasteiger partial charge in [0.1, 0.15) is 0 Å². The number of carbonyl (C=O) groups is 2. The van der Waals surface area contributed by atoms with Gasteiger partial charge in [0.15, 0.2) is 5.78 Å². The van der Waals surface area contributed by atoms with Crippen molar-refractivity contribution < 1.29 is 19.2 Å². The lowest BCUT2D eigenvalue weighted by atomic mass is 10.00. The van der Waals surface area contributed by atoms with Gasteiger partial charge in [0.25, 0.3) is 5.69 Å². The van der Waals surface area contributed by atoms with Gasteiger partial charge < -0.3 is 4.74 Å². The van der Waals surface area contributed by atoms with Crippen LogP contribution in [0, 0.1) is 10.1 Å². The zero-order valence-corrected chi connectivity index (χ0v) is 16.1. The van der Waals surface area contributed by atoms with Gasteiger partial charge in [-0.05, 0) is 42.5 Å². The van der Waals surface area contributed by atoms with Crippen molar-refractivity contribution >= 4 is 17.4 Å². The summed E-state index contributed by atoms with van der Waals surface area (Å²) in [5.41, 5.74) is 3.35. The van der Waals surface area contributed by atoms with E-state index in [4.69, 9.17) is 4.74 Å². The molecule has 0 amide bonds. The molecule has 29 heavy (non-hydrogen) atoms. The lowest BCUT2D eigenvalue weighted by molar-refractivity contribution is -0.384. The van der Waals surface area contributed by atoms with Crippen molar-refractivity contribution in [2.75, 3.05) is 6.61 Å². The first-order valence-corrected chi connectivity index (χ1v) is 9.46. The number of carbonyl (C=O) groups excluding carboxylic acids is 2. The van der Waals surface area contributed by atoms with Crippen LogP contribution in [-0.2, 0) is 16.0 Å². The summed E-state index contributed by atoms with van der Waals surface area (Å²) < 4.78 is 4.97. The zero-order chi connectivity index (χ0) is 20.8. The average molecular weight is 391 g/mol. The third-order valence-corrected chi connectivity index (χ3v) is 4.69. The van der Waals surface area contributed by atoms with Gasteiger partial charge in [0.2, 0.25) is 0 Å². The lowest BCUT2D eigenvalue weighted by Crippen LogP contribution is -2.04. The summed E-state index contributed by atoms with van der Waals surface area (Å²) in [5, 5.41) is 11.0. The smallest absolute Gasteiger partial charge is 0.305 e. The molecule has 0 atom stereocenters. The Morgan fingerprint density at radius 3 is 2.48 bits per heavy atom. The first-order chi connectivity index (χ1) is 14.0. The van der Waals surface area contributed by atoms with Crippen LogP contribution < -0.4 is 0 Å². The van der Waals surface area contributed by atoms with Gasteiger partial charge in [-0.25, -0.2) is 0 Å². The summed E-state index contributed by atoms with van der Waals surface area (Å²) >= 11 is 0. The molecule has 3 rings (SSSR count). The summed E-state index contributed by atoms with van der Waals surface area (Å²) in [6.07, 6.45) is 1.55. The molecular weight excluding hydrogens is 370 g/mol. The number of ketones is 1. The third-order valence-electron chi connectivity index (χ3n) is 4.69. The highest BCUT2D eigenvalue weighted by molar-refractivity contribution is 6.14. The monoisotopic (exact) mass is 391 g/mol. The Morgan fingerprint density at radius 1 is 1.00 bits per heavy atom. The van der Waals surface area contributed by atoms with Crippen molar-refractivity contribution in [3.05, 3.63) is 87.5 Å². The van der Waals surface area contributed by atoms with Crippen LogP contribution in [0.15, 0.2) is 60.7 Å². The fourth-order valence-electron chi connectivity index (χ4n) is 3.36. The minimum atomic E-state index is -0.513. The van der Waals surface area contributed by atoms with Gasteiger partial charge in [0.05, 0.1) is 11.5 Å². The highest BCUT2D eigenvalue weighted by Gasteiger charge is 2.22. The molecule has 0 heterocycles. The molecule has 0 spiro atoms. The second kappa shape index (κ2) is 9.10. The molecule has 0 unspecified atom stereocenters. The van der Waals surface area contributed by atoms with Gasteiger partial charge in [-0.3, -0.25) is 19.7 Å². The van der Waals surface area contributed by atoms with Crippen LogP contribution >= 0.6 is 0 Å². The molecule has 1 aromatic carbocycles. The third kappa shape index (κ3) is 4.66. The van der Waals surface area contributed by atoms with Gasteiger partial charge >= 0.3 is 5.97 Å². The fraction of sp³-hybridized carbons (Fsp3) is 0.217. The minimum absolute atomic E-state index is 0.119. The quantitative estimate of drug-likeness (QED) is 0.238. The van der Waals surface area contributed by atoms with Crippen LogP contribution in [0.1, 0.15) is 41.3 Å². The normalized spacial score (nSPS) is 10.7. The molecule has 0 fully saturated rings. The molecular formula is C23H21NO5. The Bertz CT molecular complexity index is 1030. The predicted octanol–water partition coefficient (Wildman–Crippen LogP) is 4.82. The number of hydrogen-bond acceptors (Lipinski definition) is 5. The number of aryl methyl sites for hydroxylation is 1. The molecule has 2 aliphatic carbocycles. The molecule has 148 valence electrons. The number of ether oxygens (including phenoxy) is 1. The van der Waals surface area contributed by atoms with E-state index in [1.54, 1.807) is 13.0 Å². The maximum Gasteiger partial charge on any atom is 0.305 e. The summed E-state index contributed by atoms with van der Waals surface area (Å²) in [6.45, 7) is 2.13. The van der Waals surface area contributed by atoms with E-state index in [0.29, 0.717) is 31.4 Å². The van der Waals surface area contributed by atoms with Gasteiger partial charge in [-0.2, -0.15) is 0 Å². The molecule has 2 aliphatic rings. The standard InChI is InChI=1S/C23H21NO5/c1-2-29-22(25)13-7-8-16-15-21(20-12-5-3-4-11-19(16)20)23(26)17-9-6-10-18(14-17)24(27)28/h3-6,9-12,14-15H,2,7-8,13H2,1H3. The number of hydrogen-bond donors (Lipinski definition) is 0. The number of esters is 1. The molecule has 1 aromatic rings. The Hall–Kier alpha value is -3.54. The Labute approximate surface area is 168 Å². The van der Waals surface area contributed by atoms with Crippen LogP contribution in [0.3, 0.4) is 0 Å². The summed E-state index contributed by atoms with van der Waals surface area (Å²) in [4.78, 5) is 35.3. The Morgan fingerprint density at radius 2 is 1.76 bits per heavy atom. The number of fused-ring (bicyclic) bond motifs is 1. The highest BCUT2D eigenvalue weighted by Crippen LogP contribution is 2.34. The molecule has 0 radical (unpaired) electrons. The second-order valence-corrected chi connectivity index (χ2v) is 6.62. The van der Waals surface area contributed by atoms with Crippen LogP contribution in [0.4, 0.5) is 5.69 Å². The van der Waals surface area contributed by atoms with E-state index in [-0.39, 0.29) is 23.0 Å². The molecule has 0 N–H and O–H groups in total. The van der Waals surface area contributed by atoms with Crippen molar-refractivity contribution in [1.29, 1.82) is 0 Å². The van der Waals surface area contributed by atoms with Crippen molar-refractivity contribution in [2.45, 2.75) is 26.2 Å². The second-order valence-electron chi connectivity index (χ2n) is 6.62. The first kappa shape index (κ1) is 20.2. The van der Waals surface area contributed by atoms with Gasteiger partial charge in [-0.15, -0.1) is 0 Å². The zero-order valence-electron chi connectivity index (χ0n) is 16.1. The van der Waals surface area contributed by atoms with Crippen molar-refractivity contribution in [3.63, 3.8) is 0 Å². The van der Waals surface area contributed by atoms with E-state index >= 15 is 0 Å². The summed E-state index contributed by atoms with van der Waals surface area (Å²) in [7, 11) is 0. The first-order valence-electron chi connectivity index (χ1n) is 9.46. The number of benzene rings is 1. The fourth-order valence-corrected chi connectivity index (χ4v) is 3.36. The van der Waals surface area contributed by atoms with E-state index in [1.807, 2.05) is 36.4 Å². The summed E-state index contributed by atoms with van der Waals surface area (Å²) in [5.74, 6) is -0.497. The molecule has 0 bridgehead atoms. The minimum Gasteiger partial charge on any atom is -0.466 e. The number of nitro benzene ring substituents is 1. The van der Waals surface area contributed by atoms with Crippen molar-refractivity contribution in [2.24, 2.45) is 0 Å². The average Bonchev–Trinajstić information content (AvgIpc) is 2.88. The highest BCUT2D eigenvalue weighted by atomic mass is 16.6. The molecule has 6 nitrogen and oxygen atoms in total. The topological polar surface area (TPSA) is 86.5 Å². The van der Waals surface area contributed by atoms with E-state index in [9.17, 15) is 19.7 Å². The molecule has 6 heteroatoms. The van der Waals surface area contributed by atoms with Crippen LogP contribution in [0.5, 0.6) is 0 Å². The SMILES string of the molecule is CCOC(=O)CCCc1cc(C(=O)c2cccc([N+](=O)[O-])c2)c2cccccc1-2. The molecule has 0 saturated carbocycles. The maximum absolute atomic E-state index is 13.1. The number of nitro groups is 1. The number of non-ortho nitro benzene ring substituents is 1. The number of rotatable bonds is 8. The maximum atomic E-state index is 13.1. The van der Waals surface area contributed by atoms with E-state index in [0.717, 1.165) is 16.7 Å². The largest absolute Gasteiger partial charge is 0.466 e. The van der Waals surface area contributed by atoms with Gasteiger partial charge in [0, 0.05) is 29.7 Å². The predicted molar refractivity (Wildman–Crippen MR) is 109 cm³/mol. The van der Waals surface area contributed by atoms with Crippen molar-refractivity contribution in [1.82, 2.24) is 0 Å². The Kier molecular flexibility index (Phi) is 6.34. The van der Waals surface area contributed by atoms with E-state index in [2.05, 4.69) is 0 Å². The molecule has 0 saturated heterocycles.